The average molecular weight is 308 g/mol. The summed E-state index contributed by atoms with van der Waals surface area (Å²) in [5.41, 5.74) is 0.355. The zero-order valence-electron chi connectivity index (χ0n) is 11.6. The average Bonchev–Trinajstić information content (AvgIpc) is 2.48. The van der Waals surface area contributed by atoms with Crippen molar-refractivity contribution in [3.8, 4) is 6.07 Å². The van der Waals surface area contributed by atoms with Crippen LogP contribution in [0.4, 0.5) is 28.9 Å². The highest BCUT2D eigenvalue weighted by atomic mass is 19.4. The Morgan fingerprint density at radius 3 is 2.41 bits per heavy atom. The van der Waals surface area contributed by atoms with E-state index in [4.69, 9.17) is 5.26 Å². The smallest absolute Gasteiger partial charge is 0.354 e. The summed E-state index contributed by atoms with van der Waals surface area (Å²) in [5.74, 6) is -0.424. The molecular weight excluding hydrogens is 296 g/mol. The lowest BCUT2D eigenvalue weighted by Gasteiger charge is -2.14. The highest BCUT2D eigenvalue weighted by Gasteiger charge is 2.31. The van der Waals surface area contributed by atoms with E-state index in [2.05, 4.69) is 5.32 Å². The molecule has 0 spiro atoms. The third kappa shape index (κ3) is 3.37. The van der Waals surface area contributed by atoms with Crippen molar-refractivity contribution in [3.63, 3.8) is 0 Å². The minimum atomic E-state index is -4.50. The first-order chi connectivity index (χ1) is 10.3. The predicted octanol–water partition coefficient (Wildman–Crippen LogP) is 5.02. The summed E-state index contributed by atoms with van der Waals surface area (Å²) >= 11 is 0. The molecule has 2 rings (SSSR count). The number of nitrogens with one attached hydrogen (secondary N) is 1. The minimum absolute atomic E-state index is 0.0404. The van der Waals surface area contributed by atoms with Crippen molar-refractivity contribution in [1.29, 1.82) is 5.26 Å². The predicted molar refractivity (Wildman–Crippen MR) is 75.2 cm³/mol. The Morgan fingerprint density at radius 2 is 1.82 bits per heavy atom. The number of aryl methyl sites for hydroxylation is 1. The maximum atomic E-state index is 13.2. The van der Waals surface area contributed by atoms with Crippen LogP contribution in [0.1, 0.15) is 23.6 Å². The van der Waals surface area contributed by atoms with Gasteiger partial charge in [0, 0.05) is 5.69 Å². The molecule has 0 unspecified atom stereocenters. The van der Waals surface area contributed by atoms with Gasteiger partial charge in [-0.15, -0.1) is 0 Å². The maximum Gasteiger partial charge on any atom is 0.416 e. The Morgan fingerprint density at radius 1 is 1.09 bits per heavy atom. The molecule has 0 saturated heterocycles. The van der Waals surface area contributed by atoms with Gasteiger partial charge in [-0.05, 0) is 48.4 Å². The van der Waals surface area contributed by atoms with E-state index in [-0.39, 0.29) is 11.3 Å². The summed E-state index contributed by atoms with van der Waals surface area (Å²) in [4.78, 5) is 0. The Bertz CT molecular complexity index is 730. The molecule has 0 aliphatic heterocycles. The van der Waals surface area contributed by atoms with Gasteiger partial charge in [0.05, 0.1) is 16.8 Å². The Balaban J connectivity index is 2.47. The van der Waals surface area contributed by atoms with Crippen LogP contribution in [-0.2, 0) is 12.6 Å². The molecule has 0 atom stereocenters. The molecule has 6 heteroatoms. The zero-order valence-corrected chi connectivity index (χ0v) is 11.6. The van der Waals surface area contributed by atoms with Crippen LogP contribution in [0.5, 0.6) is 0 Å². The fraction of sp³-hybridized carbons (Fsp3) is 0.188. The van der Waals surface area contributed by atoms with E-state index in [1.165, 1.54) is 18.2 Å². The van der Waals surface area contributed by atoms with Gasteiger partial charge in [0.25, 0.3) is 0 Å². The largest absolute Gasteiger partial charge is 0.416 e. The number of hydrogen-bond acceptors (Lipinski definition) is 2. The molecule has 1 N–H and O–H groups in total. The molecule has 0 heterocycles. The molecule has 0 fully saturated rings. The van der Waals surface area contributed by atoms with Crippen molar-refractivity contribution < 1.29 is 17.6 Å². The fourth-order valence-electron chi connectivity index (χ4n) is 2.04. The molecule has 0 aliphatic carbocycles. The summed E-state index contributed by atoms with van der Waals surface area (Å²) in [5, 5.41) is 11.8. The van der Waals surface area contributed by atoms with E-state index in [0.29, 0.717) is 17.7 Å². The second kappa shape index (κ2) is 6.06. The van der Waals surface area contributed by atoms with Gasteiger partial charge in [0.15, 0.2) is 0 Å². The molecule has 0 saturated carbocycles. The van der Waals surface area contributed by atoms with Crippen molar-refractivity contribution in [2.75, 3.05) is 5.32 Å². The first kappa shape index (κ1) is 15.8. The van der Waals surface area contributed by atoms with Crippen molar-refractivity contribution >= 4 is 11.4 Å². The first-order valence-corrected chi connectivity index (χ1v) is 6.52. The number of halogens is 4. The van der Waals surface area contributed by atoms with Crippen molar-refractivity contribution in [2.24, 2.45) is 0 Å². The molecule has 0 amide bonds. The number of nitrogens with zero attached hydrogens (tertiary/aromatic N) is 1. The first-order valence-electron chi connectivity index (χ1n) is 6.52. The van der Waals surface area contributed by atoms with Crippen LogP contribution >= 0.6 is 0 Å². The molecule has 2 nitrogen and oxygen atoms in total. The van der Waals surface area contributed by atoms with Crippen molar-refractivity contribution in [2.45, 2.75) is 19.5 Å². The summed E-state index contributed by atoms with van der Waals surface area (Å²) < 4.78 is 51.6. The second-order valence-electron chi connectivity index (χ2n) is 4.65. The van der Waals surface area contributed by atoms with Gasteiger partial charge in [0.1, 0.15) is 11.9 Å². The molecule has 2 aromatic rings. The third-order valence-corrected chi connectivity index (χ3v) is 3.18. The van der Waals surface area contributed by atoms with Crippen LogP contribution in [0.15, 0.2) is 36.4 Å². The lowest BCUT2D eigenvalue weighted by Crippen LogP contribution is -2.06. The van der Waals surface area contributed by atoms with Gasteiger partial charge in [-0.25, -0.2) is 4.39 Å². The normalized spacial score (nSPS) is 11.1. The van der Waals surface area contributed by atoms with Gasteiger partial charge in [0.2, 0.25) is 0 Å². The quantitative estimate of drug-likeness (QED) is 0.808. The molecule has 0 bridgehead atoms. The lowest BCUT2D eigenvalue weighted by molar-refractivity contribution is -0.137. The van der Waals surface area contributed by atoms with Crippen LogP contribution in [0, 0.1) is 17.1 Å². The number of benzene rings is 2. The topological polar surface area (TPSA) is 35.8 Å². The van der Waals surface area contributed by atoms with Crippen molar-refractivity contribution in [1.82, 2.24) is 0 Å². The summed E-state index contributed by atoms with van der Waals surface area (Å²) in [6.45, 7) is 1.80. The van der Waals surface area contributed by atoms with E-state index in [9.17, 15) is 17.6 Å². The third-order valence-electron chi connectivity index (χ3n) is 3.18. The van der Waals surface area contributed by atoms with E-state index in [1.54, 1.807) is 6.92 Å². The molecule has 0 radical (unpaired) electrons. The highest BCUT2D eigenvalue weighted by molar-refractivity contribution is 5.69. The number of nitriles is 1. The van der Waals surface area contributed by atoms with Crippen LogP contribution in [0.25, 0.3) is 0 Å². The summed E-state index contributed by atoms with van der Waals surface area (Å²) in [6.07, 6.45) is -4.00. The second-order valence-corrected chi connectivity index (χ2v) is 4.65. The van der Waals surface area contributed by atoms with E-state index in [1.807, 2.05) is 6.07 Å². The Kier molecular flexibility index (Phi) is 4.36. The van der Waals surface area contributed by atoms with E-state index < -0.39 is 17.6 Å². The Labute approximate surface area is 125 Å². The summed E-state index contributed by atoms with van der Waals surface area (Å²) in [6, 6.07) is 8.64. The number of hydrogen-bond donors (Lipinski definition) is 1. The lowest BCUT2D eigenvalue weighted by atomic mass is 10.1. The molecule has 0 aliphatic rings. The zero-order chi connectivity index (χ0) is 16.3. The molecule has 22 heavy (non-hydrogen) atoms. The van der Waals surface area contributed by atoms with Gasteiger partial charge < -0.3 is 5.32 Å². The molecule has 2 aromatic carbocycles. The SMILES string of the molecule is CCc1cc(F)ccc1Nc1cc(C(F)(F)F)ccc1C#N. The van der Waals surface area contributed by atoms with Crippen LogP contribution in [0.3, 0.4) is 0 Å². The molecule has 114 valence electrons. The molecule has 0 aromatic heterocycles. The van der Waals surface area contributed by atoms with Crippen LogP contribution < -0.4 is 5.32 Å². The number of alkyl halides is 3. The standard InChI is InChI=1S/C16H12F4N2/c1-2-10-7-13(17)5-6-14(10)22-15-8-12(16(18,19)20)4-3-11(15)9-21/h3-8,22H,2H2,1H3. The van der Waals surface area contributed by atoms with Gasteiger partial charge in [-0.1, -0.05) is 6.92 Å². The van der Waals surface area contributed by atoms with Crippen LogP contribution in [0.2, 0.25) is 0 Å². The van der Waals surface area contributed by atoms with E-state index in [0.717, 1.165) is 18.2 Å². The maximum absolute atomic E-state index is 13.2. The number of rotatable bonds is 3. The van der Waals surface area contributed by atoms with Crippen molar-refractivity contribution in [3.05, 3.63) is 58.9 Å². The number of anilines is 2. The highest BCUT2D eigenvalue weighted by Crippen LogP contribution is 2.33. The summed E-state index contributed by atoms with van der Waals surface area (Å²) in [7, 11) is 0. The fourth-order valence-corrected chi connectivity index (χ4v) is 2.04. The van der Waals surface area contributed by atoms with Crippen LogP contribution in [-0.4, -0.2) is 0 Å². The monoisotopic (exact) mass is 308 g/mol. The van der Waals surface area contributed by atoms with Gasteiger partial charge in [-0.3, -0.25) is 0 Å². The van der Waals surface area contributed by atoms with Gasteiger partial charge in [-0.2, -0.15) is 18.4 Å². The molecular formula is C16H12F4N2. The van der Waals surface area contributed by atoms with E-state index >= 15 is 0 Å². The Hall–Kier alpha value is -2.55. The minimum Gasteiger partial charge on any atom is -0.354 e. The van der Waals surface area contributed by atoms with Gasteiger partial charge >= 0.3 is 6.18 Å².